The molecule has 0 spiro atoms. The second-order valence-electron chi connectivity index (χ2n) is 6.25. The molecule has 0 N–H and O–H groups in total. The van der Waals surface area contributed by atoms with Crippen LogP contribution in [0.3, 0.4) is 0 Å². The molecule has 2 aromatic carbocycles. The van der Waals surface area contributed by atoms with E-state index in [4.69, 9.17) is 8.83 Å². The summed E-state index contributed by atoms with van der Waals surface area (Å²) in [4.78, 5) is 14.8. The Morgan fingerprint density at radius 2 is 1.77 bits per heavy atom. The lowest BCUT2D eigenvalue weighted by Gasteiger charge is -2.28. The summed E-state index contributed by atoms with van der Waals surface area (Å²) < 4.78 is 11.3. The molecule has 1 atom stereocenters. The molecular weight excluding hydrogens is 326 g/mol. The summed E-state index contributed by atoms with van der Waals surface area (Å²) in [6.07, 6.45) is 1.51. The first-order chi connectivity index (χ1) is 12.7. The molecule has 0 fully saturated rings. The monoisotopic (exact) mass is 345 g/mol. The maximum Gasteiger partial charge on any atom is 0.290 e. The molecule has 0 aliphatic rings. The van der Waals surface area contributed by atoms with E-state index in [2.05, 4.69) is 0 Å². The van der Waals surface area contributed by atoms with Crippen LogP contribution in [0.1, 0.15) is 34.8 Å². The number of amides is 1. The average molecular weight is 345 g/mol. The number of rotatable bonds is 5. The topological polar surface area (TPSA) is 46.6 Å². The van der Waals surface area contributed by atoms with Crippen molar-refractivity contribution in [3.8, 4) is 0 Å². The zero-order chi connectivity index (χ0) is 17.9. The van der Waals surface area contributed by atoms with Crippen molar-refractivity contribution in [2.45, 2.75) is 19.5 Å². The molecule has 0 saturated carbocycles. The largest absolute Gasteiger partial charge is 0.459 e. The maximum atomic E-state index is 13.0. The number of fused-ring (bicyclic) bond motifs is 1. The van der Waals surface area contributed by atoms with E-state index in [-0.39, 0.29) is 11.9 Å². The molecule has 26 heavy (non-hydrogen) atoms. The van der Waals surface area contributed by atoms with E-state index in [1.165, 1.54) is 6.26 Å². The molecule has 1 amide bonds. The summed E-state index contributed by atoms with van der Waals surface area (Å²) in [5, 5.41) is 1.03. The Labute approximate surface area is 151 Å². The lowest BCUT2D eigenvalue weighted by molar-refractivity contribution is 0.0627. The summed E-state index contributed by atoms with van der Waals surface area (Å²) >= 11 is 0. The minimum absolute atomic E-state index is 0.123. The van der Waals surface area contributed by atoms with Crippen LogP contribution in [0, 0.1) is 0 Å². The lowest BCUT2D eigenvalue weighted by atomic mass is 10.1. The Morgan fingerprint density at radius 3 is 2.50 bits per heavy atom. The van der Waals surface area contributed by atoms with Crippen LogP contribution in [-0.4, -0.2) is 10.8 Å². The summed E-state index contributed by atoms with van der Waals surface area (Å²) in [7, 11) is 0. The number of nitrogens with zero attached hydrogens (tertiary/aromatic N) is 1. The molecule has 2 heterocycles. The van der Waals surface area contributed by atoms with Crippen LogP contribution in [0.4, 0.5) is 0 Å². The van der Waals surface area contributed by atoms with Gasteiger partial charge in [0, 0.05) is 5.39 Å². The summed E-state index contributed by atoms with van der Waals surface area (Å²) in [6.45, 7) is 2.38. The van der Waals surface area contributed by atoms with Gasteiger partial charge in [-0.2, -0.15) is 0 Å². The van der Waals surface area contributed by atoms with Crippen LogP contribution in [0.25, 0.3) is 11.0 Å². The summed E-state index contributed by atoms with van der Waals surface area (Å²) in [5.74, 6) is 0.907. The van der Waals surface area contributed by atoms with Crippen LogP contribution < -0.4 is 0 Å². The van der Waals surface area contributed by atoms with E-state index in [1.807, 2.05) is 67.6 Å². The second kappa shape index (κ2) is 6.92. The molecule has 0 aliphatic carbocycles. The molecule has 0 saturated heterocycles. The number of benzene rings is 2. The van der Waals surface area contributed by atoms with Crippen LogP contribution >= 0.6 is 0 Å². The number of furan rings is 2. The number of carbonyl (C=O) groups is 1. The van der Waals surface area contributed by atoms with Gasteiger partial charge in [-0.3, -0.25) is 4.79 Å². The third kappa shape index (κ3) is 3.14. The van der Waals surface area contributed by atoms with Gasteiger partial charge in [0.15, 0.2) is 5.76 Å². The van der Waals surface area contributed by atoms with E-state index in [0.717, 1.165) is 22.3 Å². The van der Waals surface area contributed by atoms with Crippen molar-refractivity contribution in [1.82, 2.24) is 4.90 Å². The first-order valence-corrected chi connectivity index (χ1v) is 8.59. The Hall–Kier alpha value is -3.27. The maximum absolute atomic E-state index is 13.0. The summed E-state index contributed by atoms with van der Waals surface area (Å²) in [5.41, 5.74) is 1.88. The van der Waals surface area contributed by atoms with Gasteiger partial charge in [-0.25, -0.2) is 0 Å². The van der Waals surface area contributed by atoms with E-state index in [0.29, 0.717) is 12.3 Å². The molecule has 4 heteroatoms. The van der Waals surface area contributed by atoms with Gasteiger partial charge in [0.05, 0.1) is 18.8 Å². The Bertz CT molecular complexity index is 969. The highest BCUT2D eigenvalue weighted by atomic mass is 16.3. The fourth-order valence-electron chi connectivity index (χ4n) is 3.12. The zero-order valence-electron chi connectivity index (χ0n) is 14.5. The Morgan fingerprint density at radius 1 is 1.00 bits per heavy atom. The number of hydrogen-bond acceptors (Lipinski definition) is 3. The van der Waals surface area contributed by atoms with Crippen molar-refractivity contribution in [2.75, 3.05) is 0 Å². The van der Waals surface area contributed by atoms with Crippen LogP contribution in [0.5, 0.6) is 0 Å². The SMILES string of the molecule is C[C@@H](c1ccccc1)N(Cc1cc2ccccc2o1)C(=O)c1ccco1. The first-order valence-electron chi connectivity index (χ1n) is 8.59. The molecule has 4 nitrogen and oxygen atoms in total. The van der Waals surface area contributed by atoms with Crippen molar-refractivity contribution in [3.63, 3.8) is 0 Å². The van der Waals surface area contributed by atoms with Gasteiger partial charge in [0.2, 0.25) is 0 Å². The highest BCUT2D eigenvalue weighted by Gasteiger charge is 2.26. The molecule has 0 unspecified atom stereocenters. The van der Waals surface area contributed by atoms with Crippen molar-refractivity contribution >= 4 is 16.9 Å². The van der Waals surface area contributed by atoms with E-state index >= 15 is 0 Å². The predicted octanol–water partition coefficient (Wildman–Crippen LogP) is 5.43. The molecule has 2 aromatic heterocycles. The van der Waals surface area contributed by atoms with Crippen molar-refractivity contribution in [2.24, 2.45) is 0 Å². The minimum atomic E-state index is -0.160. The predicted molar refractivity (Wildman–Crippen MR) is 99.7 cm³/mol. The molecule has 4 rings (SSSR count). The van der Waals surface area contributed by atoms with Gasteiger partial charge in [-0.1, -0.05) is 48.5 Å². The third-order valence-corrected chi connectivity index (χ3v) is 4.55. The minimum Gasteiger partial charge on any atom is -0.459 e. The van der Waals surface area contributed by atoms with Crippen LogP contribution in [0.2, 0.25) is 0 Å². The van der Waals surface area contributed by atoms with E-state index in [1.54, 1.807) is 17.0 Å². The number of hydrogen-bond donors (Lipinski definition) is 0. The Balaban J connectivity index is 1.68. The molecule has 0 aliphatic heterocycles. The fraction of sp³-hybridized carbons (Fsp3) is 0.136. The van der Waals surface area contributed by atoms with Gasteiger partial charge >= 0.3 is 0 Å². The molecule has 0 radical (unpaired) electrons. The first kappa shape index (κ1) is 16.2. The van der Waals surface area contributed by atoms with Gasteiger partial charge < -0.3 is 13.7 Å². The molecule has 4 aromatic rings. The average Bonchev–Trinajstić information content (AvgIpc) is 3.35. The highest BCUT2D eigenvalue weighted by molar-refractivity contribution is 5.91. The normalized spacial score (nSPS) is 12.2. The number of carbonyl (C=O) groups excluding carboxylic acids is 1. The Kier molecular flexibility index (Phi) is 4.32. The standard InChI is InChI=1S/C22H19NO3/c1-16(17-8-3-2-4-9-17)23(22(24)21-12-7-13-25-21)15-19-14-18-10-5-6-11-20(18)26-19/h2-14,16H,15H2,1H3/t16-/m0/s1. The zero-order valence-corrected chi connectivity index (χ0v) is 14.5. The molecule has 130 valence electrons. The molecular formula is C22H19NO3. The highest BCUT2D eigenvalue weighted by Crippen LogP contribution is 2.27. The molecule has 0 bridgehead atoms. The van der Waals surface area contributed by atoms with Gasteiger partial charge in [-0.15, -0.1) is 0 Å². The smallest absolute Gasteiger partial charge is 0.290 e. The fourth-order valence-corrected chi connectivity index (χ4v) is 3.12. The summed E-state index contributed by atoms with van der Waals surface area (Å²) in [6, 6.07) is 23.1. The van der Waals surface area contributed by atoms with Crippen molar-refractivity contribution < 1.29 is 13.6 Å². The van der Waals surface area contributed by atoms with Crippen molar-refractivity contribution in [3.05, 3.63) is 96.1 Å². The van der Waals surface area contributed by atoms with Gasteiger partial charge in [0.25, 0.3) is 5.91 Å². The van der Waals surface area contributed by atoms with Gasteiger partial charge in [-0.05, 0) is 36.8 Å². The van der Waals surface area contributed by atoms with Crippen molar-refractivity contribution in [1.29, 1.82) is 0 Å². The number of para-hydroxylation sites is 1. The third-order valence-electron chi connectivity index (χ3n) is 4.55. The quantitative estimate of drug-likeness (QED) is 0.484. The van der Waals surface area contributed by atoms with E-state index < -0.39 is 0 Å². The van der Waals surface area contributed by atoms with Crippen LogP contribution in [0.15, 0.2) is 87.9 Å². The second-order valence-corrected chi connectivity index (χ2v) is 6.25. The van der Waals surface area contributed by atoms with Crippen LogP contribution in [-0.2, 0) is 6.54 Å². The lowest BCUT2D eigenvalue weighted by Crippen LogP contribution is -2.32. The van der Waals surface area contributed by atoms with Gasteiger partial charge in [0.1, 0.15) is 11.3 Å². The van der Waals surface area contributed by atoms with E-state index in [9.17, 15) is 4.79 Å².